The zero-order valence-electron chi connectivity index (χ0n) is 71.8. The van der Waals surface area contributed by atoms with E-state index in [1.54, 1.807) is 0 Å². The molecule has 14 unspecified atom stereocenters. The highest BCUT2D eigenvalue weighted by Gasteiger charge is 2.39. The molecule has 0 heterocycles. The number of rotatable bonds is 64. The van der Waals surface area contributed by atoms with Crippen molar-refractivity contribution in [2.45, 2.75) is 305 Å². The van der Waals surface area contributed by atoms with E-state index in [0.29, 0.717) is 0 Å². The first-order valence-electron chi connectivity index (χ1n) is 39.0. The number of amides is 12. The number of Topliss-reactive ketones (excluding diaryl/α,β-unsaturated/α-hetero) is 18. The van der Waals surface area contributed by atoms with E-state index in [2.05, 4.69) is 74.4 Å². The average Bonchev–Trinajstić information content (AvgIpc) is 0.857. The third kappa shape index (κ3) is 47.4. The van der Waals surface area contributed by atoms with Crippen LogP contribution in [0.4, 0.5) is 0 Å². The van der Waals surface area contributed by atoms with Crippen LogP contribution in [-0.2, 0) is 144 Å². The molecule has 0 spiro atoms. The maximum Gasteiger partial charge on any atom is 0.243 e. The Balaban J connectivity index is 8.60. The first kappa shape index (κ1) is 111. The van der Waals surface area contributed by atoms with Gasteiger partial charge in [-0.1, -0.05) is 0 Å². The lowest BCUT2D eigenvalue weighted by atomic mass is 10.0. The van der Waals surface area contributed by atoms with E-state index in [4.69, 9.17) is 0 Å². The monoisotopic (exact) mass is 1740 g/mol. The first-order valence-corrected chi connectivity index (χ1v) is 39.0. The van der Waals surface area contributed by atoms with E-state index in [9.17, 15) is 144 Å². The van der Waals surface area contributed by atoms with Crippen molar-refractivity contribution in [3.8, 4) is 0 Å². The molecule has 44 heteroatoms. The molecule has 14 atom stereocenters. The van der Waals surface area contributed by atoms with Crippen molar-refractivity contribution in [2.75, 3.05) is 13.1 Å². The zero-order valence-corrected chi connectivity index (χ0v) is 71.8. The summed E-state index contributed by atoms with van der Waals surface area (Å²) in [5, 5.41) is 31.4. The molecular formula is C79H114N14O30. The Kier molecular flexibility index (Phi) is 49.9. The summed E-state index contributed by atoms with van der Waals surface area (Å²) in [7, 11) is 0. The summed E-state index contributed by atoms with van der Waals surface area (Å²) in [6, 6.07) is -25.2. The van der Waals surface area contributed by atoms with Gasteiger partial charge in [-0.15, -0.1) is 0 Å². The standard InChI is InChI=1S/C79H114N14O30/c1-36(94)20-54(44(9)102)80-34-52(110)28-62(74(118)88-58(48(13)106)24-40(5)98)92-78(122)64(30-72(116)86-66(76(120)90-60(50(15)108)26-42(7)100)32-70(114)82-56(46(11)104)22-38(3)96)84-68(112)18-17-19-69(113)85-65(31-73(117)87-67(77(121)91-61(51(16)109)27-43(8)101)33-71(115)83-57(47(12)105)23-39(4)97)79(123)93-63(75(119)89-59(49(14)107)25-41(6)99)29-53(111)35-81-55(45(10)103)21-37(2)95/h54-67,80-81H,17-35H2,1-16H3,(H,82,114)(H,83,115)(H,84,112)(H,85,113)(H,86,116)(H,87,117)(H,88,118)(H,89,119)(H,90,120)(H,91,121)(H,92,122)(H,93,123). The second kappa shape index (κ2) is 55.5. The third-order valence-electron chi connectivity index (χ3n) is 18.0. The second-order valence-corrected chi connectivity index (χ2v) is 30.2. The van der Waals surface area contributed by atoms with Gasteiger partial charge in [0.1, 0.15) is 106 Å². The molecule has 0 saturated heterocycles. The average molecular weight is 1740 g/mol. The van der Waals surface area contributed by atoms with Crippen molar-refractivity contribution in [2.24, 2.45) is 0 Å². The van der Waals surface area contributed by atoms with Crippen molar-refractivity contribution in [3.63, 3.8) is 0 Å². The predicted octanol–water partition coefficient (Wildman–Crippen LogP) is -6.09. The lowest BCUT2D eigenvalue weighted by molar-refractivity contribution is -0.137. The van der Waals surface area contributed by atoms with Crippen LogP contribution in [0.3, 0.4) is 0 Å². The summed E-state index contributed by atoms with van der Waals surface area (Å²) in [6.07, 6.45) is -14.2. The molecule has 0 rings (SSSR count). The Morgan fingerprint density at radius 1 is 0.163 bits per heavy atom. The molecule has 14 N–H and O–H groups in total. The minimum atomic E-state index is -2.34. The van der Waals surface area contributed by atoms with Crippen molar-refractivity contribution in [1.29, 1.82) is 0 Å². The molecule has 0 aliphatic carbocycles. The van der Waals surface area contributed by atoms with E-state index in [-0.39, 0.29) is 0 Å². The van der Waals surface area contributed by atoms with Gasteiger partial charge in [0, 0.05) is 77.0 Å². The van der Waals surface area contributed by atoms with Gasteiger partial charge in [-0.3, -0.25) is 144 Å². The Bertz CT molecular complexity index is 3860. The van der Waals surface area contributed by atoms with Gasteiger partial charge in [-0.05, 0) is 117 Å². The normalized spacial score (nSPS) is 14.2. The van der Waals surface area contributed by atoms with Gasteiger partial charge in [0.25, 0.3) is 0 Å². The van der Waals surface area contributed by atoms with Crippen LogP contribution in [-0.4, -0.2) is 273 Å². The Morgan fingerprint density at radius 2 is 0.309 bits per heavy atom. The quantitative estimate of drug-likeness (QED) is 0.0269. The van der Waals surface area contributed by atoms with Gasteiger partial charge in [-0.25, -0.2) is 0 Å². The van der Waals surface area contributed by atoms with Crippen molar-refractivity contribution < 1.29 is 144 Å². The summed E-state index contributed by atoms with van der Waals surface area (Å²) < 4.78 is 0. The number of carbonyl (C=O) groups excluding carboxylic acids is 30. The van der Waals surface area contributed by atoms with Gasteiger partial charge >= 0.3 is 0 Å². The van der Waals surface area contributed by atoms with Crippen LogP contribution in [0.15, 0.2) is 0 Å². The number of ketones is 18. The topological polar surface area (TPSA) is 681 Å². The highest BCUT2D eigenvalue weighted by Crippen LogP contribution is 2.12. The van der Waals surface area contributed by atoms with Crippen LogP contribution < -0.4 is 74.4 Å². The van der Waals surface area contributed by atoms with Crippen LogP contribution in [0.1, 0.15) is 220 Å². The molecule has 0 bridgehead atoms. The molecule has 0 fully saturated rings. The van der Waals surface area contributed by atoms with Gasteiger partial charge in [0.05, 0.1) is 87.1 Å². The lowest BCUT2D eigenvalue weighted by Gasteiger charge is -2.26. The zero-order chi connectivity index (χ0) is 94.7. The molecule has 123 heavy (non-hydrogen) atoms. The molecule has 12 amide bonds. The van der Waals surface area contributed by atoms with Crippen LogP contribution in [0.25, 0.3) is 0 Å². The summed E-state index contributed by atoms with van der Waals surface area (Å²) in [5.41, 5.74) is 0. The van der Waals surface area contributed by atoms with Gasteiger partial charge < -0.3 is 74.4 Å². The predicted molar refractivity (Wildman–Crippen MR) is 426 cm³/mol. The van der Waals surface area contributed by atoms with Crippen molar-refractivity contribution in [1.82, 2.24) is 74.4 Å². The highest BCUT2D eigenvalue weighted by molar-refractivity contribution is 6.05. The molecule has 0 saturated carbocycles. The van der Waals surface area contributed by atoms with E-state index in [0.717, 1.165) is 111 Å². The largest absolute Gasteiger partial charge is 0.346 e. The van der Waals surface area contributed by atoms with E-state index >= 15 is 0 Å². The van der Waals surface area contributed by atoms with Crippen LogP contribution in [0.2, 0.25) is 0 Å². The molecule has 0 aromatic rings. The molecule has 0 aliphatic rings. The second-order valence-electron chi connectivity index (χ2n) is 30.2. The van der Waals surface area contributed by atoms with Gasteiger partial charge in [0.15, 0.2) is 34.7 Å². The lowest BCUT2D eigenvalue weighted by Crippen LogP contribution is -2.58. The fourth-order valence-electron chi connectivity index (χ4n) is 11.5. The molecule has 0 aliphatic heterocycles. The third-order valence-corrected chi connectivity index (χ3v) is 18.0. The van der Waals surface area contributed by atoms with Gasteiger partial charge in [-0.2, -0.15) is 0 Å². The molecule has 0 radical (unpaired) electrons. The fraction of sp³-hybridized carbons (Fsp3) is 0.620. The number of hydrogen-bond acceptors (Lipinski definition) is 32. The smallest absolute Gasteiger partial charge is 0.243 e. The summed E-state index contributed by atoms with van der Waals surface area (Å²) in [5.74, 6) is -29.2. The van der Waals surface area contributed by atoms with E-state index in [1.165, 1.54) is 0 Å². The molecular weight excluding hydrogens is 1620 g/mol. The van der Waals surface area contributed by atoms with Crippen molar-refractivity contribution >= 4 is 175 Å². The summed E-state index contributed by atoms with van der Waals surface area (Å²) in [6.45, 7) is 15.1. The summed E-state index contributed by atoms with van der Waals surface area (Å²) in [4.78, 5) is 396. The Hall–Kier alpha value is -12.4. The van der Waals surface area contributed by atoms with Gasteiger partial charge in [0.2, 0.25) is 70.9 Å². The van der Waals surface area contributed by atoms with E-state index in [1.807, 2.05) is 0 Å². The molecule has 0 aromatic carbocycles. The van der Waals surface area contributed by atoms with Crippen LogP contribution >= 0.6 is 0 Å². The number of hydrogen-bond donors (Lipinski definition) is 14. The maximum atomic E-state index is 14.8. The van der Waals surface area contributed by atoms with Crippen LogP contribution in [0.5, 0.6) is 0 Å². The van der Waals surface area contributed by atoms with E-state index < -0.39 is 382 Å². The number of nitrogens with one attached hydrogen (secondary N) is 14. The Morgan fingerprint density at radius 3 is 0.488 bits per heavy atom. The van der Waals surface area contributed by atoms with Crippen LogP contribution in [0, 0.1) is 0 Å². The molecule has 44 nitrogen and oxygen atoms in total. The minimum absolute atomic E-state index is 0.414. The molecule has 0 aromatic heterocycles. The number of carbonyl (C=O) groups is 30. The minimum Gasteiger partial charge on any atom is -0.346 e. The highest BCUT2D eigenvalue weighted by atomic mass is 16.2. The summed E-state index contributed by atoms with van der Waals surface area (Å²) >= 11 is 0. The Labute approximate surface area is 708 Å². The van der Waals surface area contributed by atoms with Crippen molar-refractivity contribution in [3.05, 3.63) is 0 Å². The molecule has 680 valence electrons. The fourth-order valence-corrected chi connectivity index (χ4v) is 11.5. The first-order chi connectivity index (χ1) is 56.9. The SMILES string of the molecule is CC(=O)CC(NCC(=O)CC(NC(=O)C(CC(=O)NC(CC(=O)NC(CC(C)=O)C(C)=O)C(=O)NC(CC(C)=O)C(C)=O)NC(=O)CCCC(=O)NC(CC(=O)NC(CC(=O)NC(CC(C)=O)C(C)=O)C(=O)NC(CC(C)=O)C(C)=O)C(=O)NC(CC(=O)CNC(CC(C)=O)C(C)=O)C(=O)NC(CC(C)=O)C(C)=O)C(=O)NC(CC(C)=O)C(C)=O)C(C)=O. The maximum absolute atomic E-state index is 14.8.